The number of urea groups is 1. The Labute approximate surface area is 463 Å². The largest absolute Gasteiger partial charge is 0.466 e. The number of nitrogens with zero attached hydrogens (tertiary/aromatic N) is 10. The molecule has 8 aromatic rings. The minimum absolute atomic E-state index is 0.0134. The van der Waals surface area contributed by atoms with Crippen LogP contribution in [0.4, 0.5) is 21.2 Å². The number of ether oxygens (including phenoxy) is 3. The van der Waals surface area contributed by atoms with E-state index in [9.17, 15) is 62.3 Å². The summed E-state index contributed by atoms with van der Waals surface area (Å²) >= 11 is 0. The highest BCUT2D eigenvalue weighted by Gasteiger charge is 2.29. The van der Waals surface area contributed by atoms with Crippen LogP contribution >= 0.6 is 0 Å². The number of carbonyl (C=O) groups excluding carboxylic acids is 11. The number of cyclic esters (lactones) is 1. The third kappa shape index (κ3) is 13.6. The van der Waals surface area contributed by atoms with Crippen LogP contribution in [-0.2, 0) is 32.3 Å². The van der Waals surface area contributed by atoms with Crippen molar-refractivity contribution < 1.29 is 71.4 Å². The van der Waals surface area contributed by atoms with Gasteiger partial charge in [0.1, 0.15) is 18.0 Å². The first kappa shape index (κ1) is 57.6. The summed E-state index contributed by atoms with van der Waals surface area (Å²) in [7, 11) is 4.90. The van der Waals surface area contributed by atoms with Crippen molar-refractivity contribution in [1.82, 2.24) is 112 Å². The number of imide groups is 4. The summed E-state index contributed by atoms with van der Waals surface area (Å²) < 4.78 is 19.0. The summed E-state index contributed by atoms with van der Waals surface area (Å²) in [5, 5.41) is 13.5. The number of anilines is 2. The third-order valence-electron chi connectivity index (χ3n) is 11.1. The second-order valence-corrected chi connectivity index (χ2v) is 16.7. The van der Waals surface area contributed by atoms with Crippen molar-refractivity contribution in [2.45, 2.75) is 13.2 Å². The molecule has 14 rings (SSSR count). The molecule has 8 aromatic heterocycles. The van der Waals surface area contributed by atoms with E-state index in [0.29, 0.717) is 52.5 Å². The van der Waals surface area contributed by atoms with E-state index in [0.717, 1.165) is 0 Å². The molecule has 0 aromatic carbocycles. The number of amides is 12. The topological polar surface area (TPSA) is 561 Å². The lowest BCUT2D eigenvalue weighted by atomic mass is 10.3. The lowest BCUT2D eigenvalue weighted by molar-refractivity contribution is -0.122. The standard InChI is InChI=1S/3C7H8N4O2.2C6H5N3O3.C5H3N3O3.C5H5N3O2/c1-11-2-4(12)10-7(13)5-6(11)9-3-8-5;1-11-4(12)2-8-7(13)5-6(11)10-3-9-5;1-11-2-4-5(9-3-8-4)6(12)10-7(11)13;10-3-1-12-6-4(5(11)9-3)7-2-8-6;10-5-4-3(7-2-8-4)1-12-6(11)9-5;9-3-2-4(7-1-6-2)11-5(10)8-3;9-4-3-5(7-1-6-3)10-2-8-4/h3H,2H2,1H3,(H,8,9)(H,10,12,13);3H,2H2,1H3,(H,8,13)(H,9,10);3H,2H2,1H3,(H,8,9)(H,10,12,13);2*2H,1H2,(H,7,8)(H,9,10,11);1H,(H,6,7)(H,8,9,10);1H,2H2,(H,6,7)(H,8,9). The third-order valence-corrected chi connectivity index (χ3v) is 11.1. The maximum atomic E-state index is 11.3. The summed E-state index contributed by atoms with van der Waals surface area (Å²) in [5.41, 5.74) is 2.58. The van der Waals surface area contributed by atoms with Gasteiger partial charge in [0.15, 0.2) is 53.3 Å². The SMILES string of the molecule is CN1C(=O)CNC(=O)c2[nH]cnc21.CN1CC(=O)NC(=O)c2[nH]cnc21.CN1Cc2[nH]cnc2C(=O)NC1=O.O=C1COc2nc[nH]c2C(=O)N1.O=C1NC(=O)c2nc[nH]c2CO1.O=C1NCOc2nc[nH]c21.O=c1[nH]c(=O)c2[nH]cnc2o1. The molecule has 41 heteroatoms. The van der Waals surface area contributed by atoms with Crippen LogP contribution in [0.2, 0.25) is 0 Å². The van der Waals surface area contributed by atoms with Crippen LogP contribution in [0.3, 0.4) is 0 Å². The summed E-state index contributed by atoms with van der Waals surface area (Å²) in [6.45, 7) is 0.600. The molecule has 0 aliphatic carbocycles. The van der Waals surface area contributed by atoms with Gasteiger partial charge in [0.2, 0.25) is 23.6 Å². The Kier molecular flexibility index (Phi) is 17.4. The second kappa shape index (κ2) is 25.4. The van der Waals surface area contributed by atoms with Gasteiger partial charge in [-0.05, 0) is 0 Å². The Bertz CT molecular complexity index is 3900. The number of nitrogens with one attached hydrogen (secondary N) is 14. The predicted octanol–water partition coefficient (Wildman–Crippen LogP) is -4.52. The van der Waals surface area contributed by atoms with E-state index >= 15 is 0 Å². The Morgan fingerprint density at radius 3 is 1.74 bits per heavy atom. The molecule has 6 aliphatic heterocycles. The highest BCUT2D eigenvalue weighted by Crippen LogP contribution is 2.18. The van der Waals surface area contributed by atoms with Crippen molar-refractivity contribution in [3.63, 3.8) is 0 Å². The molecule has 0 saturated heterocycles. The molecule has 0 radical (unpaired) electrons. The fraction of sp³-hybridized carbons (Fsp3) is 0.209. The van der Waals surface area contributed by atoms with Gasteiger partial charge in [-0.1, -0.05) is 0 Å². The first-order valence-corrected chi connectivity index (χ1v) is 23.5. The van der Waals surface area contributed by atoms with Gasteiger partial charge in [-0.2, -0.15) is 0 Å². The number of likely N-dealkylation sites (N-methyl/N-ethyl adjacent to an activating group) is 2. The molecule has 41 nitrogen and oxygen atoms in total. The van der Waals surface area contributed by atoms with Crippen LogP contribution in [0.15, 0.2) is 58.3 Å². The maximum absolute atomic E-state index is 11.3. The van der Waals surface area contributed by atoms with E-state index in [1.807, 2.05) is 10.3 Å². The molecule has 14 heterocycles. The van der Waals surface area contributed by atoms with Gasteiger partial charge in [-0.3, -0.25) is 79.1 Å². The normalized spacial score (nSPS) is 15.5. The van der Waals surface area contributed by atoms with Gasteiger partial charge >= 0.3 is 17.9 Å². The van der Waals surface area contributed by atoms with E-state index in [1.54, 1.807) is 26.0 Å². The van der Waals surface area contributed by atoms with Gasteiger partial charge in [0.25, 0.3) is 52.6 Å². The molecule has 12 amide bonds. The van der Waals surface area contributed by atoms with Crippen LogP contribution in [0, 0.1) is 0 Å². The first-order chi connectivity index (χ1) is 40.3. The summed E-state index contributed by atoms with van der Waals surface area (Å²) in [6, 6.07) is -0.406. The van der Waals surface area contributed by atoms with Crippen molar-refractivity contribution >= 4 is 88.2 Å². The smallest absolute Gasteiger partial charge is 0.421 e. The number of rotatable bonds is 0. The van der Waals surface area contributed by atoms with Crippen molar-refractivity contribution in [1.29, 1.82) is 0 Å². The van der Waals surface area contributed by atoms with E-state index in [1.165, 1.54) is 54.1 Å². The van der Waals surface area contributed by atoms with Gasteiger partial charge in [-0.15, -0.1) is 0 Å². The molecule has 0 saturated carbocycles. The van der Waals surface area contributed by atoms with E-state index in [2.05, 4.69) is 106 Å². The average Bonchev–Trinajstić information content (AvgIpc) is 4.50. The Hall–Kier alpha value is -12.6. The highest BCUT2D eigenvalue weighted by atomic mass is 16.6. The number of hydrogen-bond acceptors (Lipinski definition) is 25. The molecule has 6 aliphatic rings. The predicted molar refractivity (Wildman–Crippen MR) is 271 cm³/mol. The van der Waals surface area contributed by atoms with Gasteiger partial charge in [-0.25, -0.2) is 49.3 Å². The Morgan fingerprint density at radius 2 is 1.02 bits per heavy atom. The monoisotopic (exact) mass is 1170 g/mol. The van der Waals surface area contributed by atoms with Gasteiger partial charge in [0.05, 0.1) is 75.3 Å². The molecule has 436 valence electrons. The van der Waals surface area contributed by atoms with E-state index in [4.69, 9.17) is 9.47 Å². The molecule has 0 bridgehead atoms. The Balaban J connectivity index is 0.000000128. The molecule has 0 atom stereocenters. The minimum Gasteiger partial charge on any atom is -0.466 e. The number of carbonyl (C=O) groups is 11. The molecule has 0 spiro atoms. The fourth-order valence-corrected chi connectivity index (χ4v) is 7.12. The van der Waals surface area contributed by atoms with Crippen LogP contribution in [0.5, 0.6) is 11.8 Å². The number of hydrogen-bond donors (Lipinski definition) is 14. The van der Waals surface area contributed by atoms with Crippen LogP contribution in [-0.4, -0.2) is 193 Å². The van der Waals surface area contributed by atoms with Crippen molar-refractivity contribution in [3.05, 3.63) is 111 Å². The van der Waals surface area contributed by atoms with E-state index in [-0.39, 0.29) is 90.9 Å². The molecule has 0 fully saturated rings. The summed E-state index contributed by atoms with van der Waals surface area (Å²) in [4.78, 5) is 195. The first-order valence-electron chi connectivity index (χ1n) is 23.5. The van der Waals surface area contributed by atoms with Crippen LogP contribution < -0.4 is 62.5 Å². The second-order valence-electron chi connectivity index (χ2n) is 16.7. The van der Waals surface area contributed by atoms with Crippen LogP contribution in [0.25, 0.3) is 11.2 Å². The highest BCUT2D eigenvalue weighted by molar-refractivity contribution is 6.10. The number of H-pyrrole nitrogens is 8. The molecule has 0 unspecified atom stereocenters. The quantitative estimate of drug-likeness (QED) is 0.0636. The molecular formula is C43H42N24O17. The molecular weight excluding hydrogens is 1120 g/mol. The zero-order valence-electron chi connectivity index (χ0n) is 43.2. The summed E-state index contributed by atoms with van der Waals surface area (Å²) in [5.74, 6) is -2.74. The molecule has 84 heavy (non-hydrogen) atoms. The number of aromatic amines is 8. The Morgan fingerprint density at radius 1 is 0.464 bits per heavy atom. The molecule has 14 N–H and O–H groups in total. The lowest BCUT2D eigenvalue weighted by Gasteiger charge is -2.11. The van der Waals surface area contributed by atoms with Crippen molar-refractivity contribution in [2.24, 2.45) is 0 Å². The van der Waals surface area contributed by atoms with Crippen LogP contribution in [0.1, 0.15) is 74.3 Å². The van der Waals surface area contributed by atoms with E-state index < -0.39 is 53.0 Å². The number of fused-ring (bicyclic) bond motifs is 7. The lowest BCUT2D eigenvalue weighted by Crippen LogP contribution is -2.37. The number of aromatic nitrogens is 15. The zero-order chi connectivity index (χ0) is 60.2. The summed E-state index contributed by atoms with van der Waals surface area (Å²) in [6.07, 6.45) is 8.93. The zero-order valence-corrected chi connectivity index (χ0v) is 43.2. The fourth-order valence-electron chi connectivity index (χ4n) is 7.12. The number of imidazole rings is 7. The van der Waals surface area contributed by atoms with Gasteiger partial charge in [0, 0.05) is 21.1 Å². The minimum atomic E-state index is -0.797. The number of alkyl carbamates (subject to hydrolysis) is 1. The average molecular weight is 1170 g/mol. The van der Waals surface area contributed by atoms with Crippen molar-refractivity contribution in [2.75, 3.05) is 57.4 Å². The van der Waals surface area contributed by atoms with Crippen molar-refractivity contribution in [3.8, 4) is 11.8 Å². The van der Waals surface area contributed by atoms with Gasteiger partial charge < -0.3 is 73.9 Å². The maximum Gasteiger partial charge on any atom is 0.421 e.